The fourth-order valence-electron chi connectivity index (χ4n) is 3.23. The number of aromatic nitrogens is 5. The number of aryl methyl sites for hydroxylation is 1. The molecule has 0 bridgehead atoms. The van der Waals surface area contributed by atoms with Crippen LogP contribution in [-0.2, 0) is 6.54 Å². The van der Waals surface area contributed by atoms with E-state index in [0.29, 0.717) is 6.04 Å². The van der Waals surface area contributed by atoms with Crippen LogP contribution in [0.4, 0.5) is 0 Å². The highest BCUT2D eigenvalue weighted by Gasteiger charge is 2.27. The lowest BCUT2D eigenvalue weighted by molar-refractivity contribution is 0.241. The Morgan fingerprint density at radius 1 is 1.12 bits per heavy atom. The number of nitrogens with one attached hydrogen (secondary N) is 1. The number of aromatic amines is 1. The number of imidazole rings is 1. The second-order valence-electron chi connectivity index (χ2n) is 6.19. The smallest absolute Gasteiger partial charge is 0.157 e. The minimum Gasteiger partial charge on any atom is -0.341 e. The number of nitrogens with zero attached hydrogens (tertiary/aromatic N) is 5. The van der Waals surface area contributed by atoms with Crippen molar-refractivity contribution in [3.8, 4) is 11.5 Å². The van der Waals surface area contributed by atoms with Gasteiger partial charge in [-0.15, -0.1) is 0 Å². The van der Waals surface area contributed by atoms with Gasteiger partial charge in [-0.2, -0.15) is 0 Å². The van der Waals surface area contributed by atoms with E-state index in [0.717, 1.165) is 48.1 Å². The number of pyridine rings is 1. The molecule has 0 amide bonds. The summed E-state index contributed by atoms with van der Waals surface area (Å²) in [6.07, 6.45) is 9.63. The summed E-state index contributed by atoms with van der Waals surface area (Å²) in [6.45, 7) is 3.90. The Kier molecular flexibility index (Phi) is 4.04. The van der Waals surface area contributed by atoms with E-state index in [-0.39, 0.29) is 0 Å². The Hall–Kier alpha value is -2.60. The fourth-order valence-corrected chi connectivity index (χ4v) is 3.23. The SMILES string of the molecule is Cc1cnc(-c2cnc([C@@H]3CCCN3Cc3ccccn3)cn2)[nH]1. The van der Waals surface area contributed by atoms with Crippen molar-refractivity contribution >= 4 is 0 Å². The van der Waals surface area contributed by atoms with Crippen molar-refractivity contribution in [1.82, 2.24) is 29.8 Å². The molecule has 0 unspecified atom stereocenters. The third-order valence-electron chi connectivity index (χ3n) is 4.41. The summed E-state index contributed by atoms with van der Waals surface area (Å²) < 4.78 is 0. The molecule has 1 aliphatic heterocycles. The van der Waals surface area contributed by atoms with Crippen LogP contribution in [0, 0.1) is 6.92 Å². The average Bonchev–Trinajstić information content (AvgIpc) is 3.25. The molecular weight excluding hydrogens is 300 g/mol. The van der Waals surface area contributed by atoms with Crippen molar-refractivity contribution in [3.05, 3.63) is 60.1 Å². The summed E-state index contributed by atoms with van der Waals surface area (Å²) >= 11 is 0. The molecule has 4 rings (SSSR count). The molecule has 0 radical (unpaired) electrons. The van der Waals surface area contributed by atoms with Crippen molar-refractivity contribution in [3.63, 3.8) is 0 Å². The van der Waals surface area contributed by atoms with Crippen LogP contribution in [0.2, 0.25) is 0 Å². The van der Waals surface area contributed by atoms with Gasteiger partial charge in [0, 0.05) is 24.6 Å². The highest BCUT2D eigenvalue weighted by molar-refractivity contribution is 5.47. The minimum absolute atomic E-state index is 0.312. The quantitative estimate of drug-likeness (QED) is 0.800. The van der Waals surface area contributed by atoms with Crippen LogP contribution >= 0.6 is 0 Å². The molecule has 1 fully saturated rings. The zero-order valence-corrected chi connectivity index (χ0v) is 13.7. The van der Waals surface area contributed by atoms with Crippen LogP contribution in [0.3, 0.4) is 0 Å². The van der Waals surface area contributed by atoms with Crippen LogP contribution in [0.25, 0.3) is 11.5 Å². The van der Waals surface area contributed by atoms with Gasteiger partial charge in [-0.3, -0.25) is 14.9 Å². The largest absolute Gasteiger partial charge is 0.341 e. The van der Waals surface area contributed by atoms with E-state index in [4.69, 9.17) is 0 Å². The fraction of sp³-hybridized carbons (Fsp3) is 0.333. The van der Waals surface area contributed by atoms with Crippen molar-refractivity contribution in [2.75, 3.05) is 6.54 Å². The van der Waals surface area contributed by atoms with E-state index < -0.39 is 0 Å². The maximum Gasteiger partial charge on any atom is 0.157 e. The number of rotatable bonds is 4. The first-order valence-corrected chi connectivity index (χ1v) is 8.27. The third-order valence-corrected chi connectivity index (χ3v) is 4.41. The van der Waals surface area contributed by atoms with Crippen LogP contribution in [0.15, 0.2) is 43.0 Å². The normalized spacial score (nSPS) is 18.1. The number of H-pyrrole nitrogens is 1. The molecule has 0 spiro atoms. The van der Waals surface area contributed by atoms with Gasteiger partial charge in [0.1, 0.15) is 5.69 Å². The number of hydrogen-bond acceptors (Lipinski definition) is 5. The van der Waals surface area contributed by atoms with Gasteiger partial charge in [-0.25, -0.2) is 9.97 Å². The van der Waals surface area contributed by atoms with Crippen LogP contribution < -0.4 is 0 Å². The minimum atomic E-state index is 0.312. The Labute approximate surface area is 141 Å². The molecule has 0 aromatic carbocycles. The second-order valence-corrected chi connectivity index (χ2v) is 6.19. The molecule has 3 aromatic rings. The molecule has 0 saturated carbocycles. The summed E-state index contributed by atoms with van der Waals surface area (Å²) in [4.78, 5) is 23.6. The first-order chi connectivity index (χ1) is 11.8. The van der Waals surface area contributed by atoms with Crippen LogP contribution in [-0.4, -0.2) is 36.4 Å². The zero-order chi connectivity index (χ0) is 16.4. The van der Waals surface area contributed by atoms with E-state index in [9.17, 15) is 0 Å². The maximum atomic E-state index is 4.65. The van der Waals surface area contributed by atoms with E-state index in [1.807, 2.05) is 37.6 Å². The summed E-state index contributed by atoms with van der Waals surface area (Å²) in [6, 6.07) is 6.37. The monoisotopic (exact) mass is 320 g/mol. The lowest BCUT2D eigenvalue weighted by atomic mass is 10.1. The summed E-state index contributed by atoms with van der Waals surface area (Å²) in [5.74, 6) is 0.767. The third kappa shape index (κ3) is 3.05. The van der Waals surface area contributed by atoms with E-state index >= 15 is 0 Å². The van der Waals surface area contributed by atoms with Crippen LogP contribution in [0.5, 0.6) is 0 Å². The topological polar surface area (TPSA) is 70.6 Å². The molecular formula is C18H20N6. The predicted molar refractivity (Wildman–Crippen MR) is 91.0 cm³/mol. The van der Waals surface area contributed by atoms with Gasteiger partial charge in [-0.05, 0) is 38.4 Å². The van der Waals surface area contributed by atoms with Gasteiger partial charge >= 0.3 is 0 Å². The molecule has 1 aliphatic rings. The Balaban J connectivity index is 1.52. The Morgan fingerprint density at radius 2 is 2.08 bits per heavy atom. The first kappa shape index (κ1) is 15.0. The molecule has 6 nitrogen and oxygen atoms in total. The van der Waals surface area contributed by atoms with Crippen molar-refractivity contribution in [2.24, 2.45) is 0 Å². The summed E-state index contributed by atoms with van der Waals surface area (Å²) in [5.41, 5.74) is 3.92. The van der Waals surface area contributed by atoms with Crippen LogP contribution in [0.1, 0.15) is 36.0 Å². The lowest BCUT2D eigenvalue weighted by Crippen LogP contribution is -2.24. The first-order valence-electron chi connectivity index (χ1n) is 8.27. The highest BCUT2D eigenvalue weighted by Crippen LogP contribution is 2.31. The molecule has 4 heterocycles. The zero-order valence-electron chi connectivity index (χ0n) is 13.7. The van der Waals surface area contributed by atoms with Gasteiger partial charge in [0.25, 0.3) is 0 Å². The molecule has 6 heteroatoms. The predicted octanol–water partition coefficient (Wildman–Crippen LogP) is 2.91. The highest BCUT2D eigenvalue weighted by atomic mass is 15.2. The van der Waals surface area contributed by atoms with Gasteiger partial charge < -0.3 is 4.98 Å². The van der Waals surface area contributed by atoms with E-state index in [1.54, 1.807) is 6.20 Å². The standard InChI is InChI=1S/C18H20N6/c1-13-9-22-18(23-13)16-11-20-15(10-21-16)17-6-4-8-24(17)12-14-5-2-3-7-19-14/h2-3,5,7,9-11,17H,4,6,8,12H2,1H3,(H,22,23)/t17-/m0/s1. The lowest BCUT2D eigenvalue weighted by Gasteiger charge is -2.23. The van der Waals surface area contributed by atoms with E-state index in [2.05, 4.69) is 35.9 Å². The van der Waals surface area contributed by atoms with Gasteiger partial charge in [0.05, 0.1) is 29.8 Å². The van der Waals surface area contributed by atoms with Gasteiger partial charge in [0.2, 0.25) is 0 Å². The van der Waals surface area contributed by atoms with Gasteiger partial charge in [0.15, 0.2) is 5.82 Å². The second kappa shape index (κ2) is 6.49. The van der Waals surface area contributed by atoms with Gasteiger partial charge in [-0.1, -0.05) is 6.07 Å². The molecule has 1 N–H and O–H groups in total. The number of hydrogen-bond donors (Lipinski definition) is 1. The summed E-state index contributed by atoms with van der Waals surface area (Å²) in [5, 5.41) is 0. The molecule has 3 aromatic heterocycles. The molecule has 0 aliphatic carbocycles. The summed E-state index contributed by atoms with van der Waals surface area (Å²) in [7, 11) is 0. The average molecular weight is 320 g/mol. The molecule has 122 valence electrons. The maximum absolute atomic E-state index is 4.65. The molecule has 24 heavy (non-hydrogen) atoms. The Bertz CT molecular complexity index is 796. The number of likely N-dealkylation sites (tertiary alicyclic amines) is 1. The van der Waals surface area contributed by atoms with Crippen molar-refractivity contribution in [2.45, 2.75) is 32.4 Å². The molecule has 1 atom stereocenters. The van der Waals surface area contributed by atoms with E-state index in [1.165, 1.54) is 6.42 Å². The molecule has 1 saturated heterocycles. The van der Waals surface area contributed by atoms with Crippen molar-refractivity contribution in [1.29, 1.82) is 0 Å². The Morgan fingerprint density at radius 3 is 2.79 bits per heavy atom. The van der Waals surface area contributed by atoms with Crippen molar-refractivity contribution < 1.29 is 0 Å².